The maximum absolute atomic E-state index is 13.4. The molecule has 0 spiro atoms. The van der Waals surface area contributed by atoms with Crippen molar-refractivity contribution in [2.45, 2.75) is 6.04 Å². The van der Waals surface area contributed by atoms with Crippen LogP contribution in [0.2, 0.25) is 5.02 Å². The van der Waals surface area contributed by atoms with Crippen molar-refractivity contribution in [1.29, 1.82) is 0 Å². The molecule has 4 heteroatoms. The number of para-hydroxylation sites is 1. The van der Waals surface area contributed by atoms with Gasteiger partial charge in [0.1, 0.15) is 5.82 Å². The van der Waals surface area contributed by atoms with E-state index in [4.69, 9.17) is 17.3 Å². The Hall–Kier alpha value is -1.97. The lowest BCUT2D eigenvalue weighted by Gasteiger charge is -2.16. The highest BCUT2D eigenvalue weighted by Crippen LogP contribution is 2.30. The summed E-state index contributed by atoms with van der Waals surface area (Å²) in [7, 11) is 0. The first-order valence-electron chi connectivity index (χ1n) is 6.21. The van der Waals surface area contributed by atoms with Crippen LogP contribution < -0.4 is 5.73 Å². The van der Waals surface area contributed by atoms with Crippen LogP contribution in [-0.4, -0.2) is 4.98 Å². The van der Waals surface area contributed by atoms with E-state index in [2.05, 4.69) is 4.98 Å². The maximum Gasteiger partial charge on any atom is 0.123 e. The standard InChI is InChI=1S/C16H12ClFN2/c17-14-7-6-11(18)9-13(14)15(19)12-5-1-3-10-4-2-8-20-16(10)12/h1-9,15H,19H2. The van der Waals surface area contributed by atoms with Gasteiger partial charge < -0.3 is 5.73 Å². The van der Waals surface area contributed by atoms with E-state index >= 15 is 0 Å². The molecule has 100 valence electrons. The molecule has 0 amide bonds. The third kappa shape index (κ3) is 2.26. The first-order valence-corrected chi connectivity index (χ1v) is 6.59. The van der Waals surface area contributed by atoms with Crippen LogP contribution in [0, 0.1) is 5.82 Å². The molecular weight excluding hydrogens is 275 g/mol. The van der Waals surface area contributed by atoms with Crippen LogP contribution in [0.5, 0.6) is 0 Å². The van der Waals surface area contributed by atoms with Gasteiger partial charge in [0.25, 0.3) is 0 Å². The molecule has 0 radical (unpaired) electrons. The highest BCUT2D eigenvalue weighted by molar-refractivity contribution is 6.31. The molecular formula is C16H12ClFN2. The average Bonchev–Trinajstić information content (AvgIpc) is 2.48. The highest BCUT2D eigenvalue weighted by atomic mass is 35.5. The molecule has 2 N–H and O–H groups in total. The molecule has 20 heavy (non-hydrogen) atoms. The van der Waals surface area contributed by atoms with Crippen LogP contribution in [0.1, 0.15) is 17.2 Å². The summed E-state index contributed by atoms with van der Waals surface area (Å²) in [6.45, 7) is 0. The van der Waals surface area contributed by atoms with Gasteiger partial charge in [0.05, 0.1) is 11.6 Å². The number of nitrogens with zero attached hydrogens (tertiary/aromatic N) is 1. The minimum atomic E-state index is -0.517. The largest absolute Gasteiger partial charge is 0.320 e. The molecule has 1 unspecified atom stereocenters. The number of nitrogens with two attached hydrogens (primary N) is 1. The van der Waals surface area contributed by atoms with E-state index in [-0.39, 0.29) is 5.82 Å². The second-order valence-electron chi connectivity index (χ2n) is 4.57. The summed E-state index contributed by atoms with van der Waals surface area (Å²) in [5.74, 6) is -0.354. The Labute approximate surface area is 121 Å². The highest BCUT2D eigenvalue weighted by Gasteiger charge is 2.16. The van der Waals surface area contributed by atoms with Gasteiger partial charge in [-0.25, -0.2) is 4.39 Å². The van der Waals surface area contributed by atoms with E-state index in [1.165, 1.54) is 18.2 Å². The van der Waals surface area contributed by atoms with Gasteiger partial charge in [0.15, 0.2) is 0 Å². The van der Waals surface area contributed by atoms with Crippen LogP contribution >= 0.6 is 11.6 Å². The Bertz CT molecular complexity index is 768. The SMILES string of the molecule is NC(c1cc(F)ccc1Cl)c1cccc2cccnc12. The van der Waals surface area contributed by atoms with Crippen molar-refractivity contribution in [3.63, 3.8) is 0 Å². The van der Waals surface area contributed by atoms with Crippen molar-refractivity contribution < 1.29 is 4.39 Å². The van der Waals surface area contributed by atoms with Gasteiger partial charge in [-0.05, 0) is 35.4 Å². The van der Waals surface area contributed by atoms with E-state index in [0.29, 0.717) is 10.6 Å². The number of fused-ring (bicyclic) bond motifs is 1. The minimum absolute atomic E-state index is 0.354. The summed E-state index contributed by atoms with van der Waals surface area (Å²) in [5, 5.41) is 1.44. The van der Waals surface area contributed by atoms with Crippen LogP contribution in [-0.2, 0) is 0 Å². The zero-order valence-electron chi connectivity index (χ0n) is 10.6. The molecule has 0 bridgehead atoms. The monoisotopic (exact) mass is 286 g/mol. The first kappa shape index (κ1) is 13.0. The summed E-state index contributed by atoms with van der Waals surface area (Å²) in [6, 6.07) is 13.3. The fraction of sp³-hybridized carbons (Fsp3) is 0.0625. The van der Waals surface area contributed by atoms with E-state index in [1.807, 2.05) is 30.3 Å². The topological polar surface area (TPSA) is 38.9 Å². The summed E-state index contributed by atoms with van der Waals surface area (Å²) in [4.78, 5) is 4.36. The van der Waals surface area contributed by atoms with E-state index in [9.17, 15) is 4.39 Å². The van der Waals surface area contributed by atoms with Gasteiger partial charge in [-0.3, -0.25) is 4.98 Å². The molecule has 0 aliphatic rings. The lowest BCUT2D eigenvalue weighted by Crippen LogP contribution is -2.13. The number of benzene rings is 2. The second kappa shape index (κ2) is 5.19. The van der Waals surface area contributed by atoms with Crippen molar-refractivity contribution >= 4 is 22.5 Å². The Morgan fingerprint density at radius 3 is 2.70 bits per heavy atom. The summed E-state index contributed by atoms with van der Waals surface area (Å²) < 4.78 is 13.4. The van der Waals surface area contributed by atoms with Gasteiger partial charge in [0, 0.05) is 16.6 Å². The summed E-state index contributed by atoms with van der Waals surface area (Å²) in [6.07, 6.45) is 1.71. The Balaban J connectivity index is 2.17. The van der Waals surface area contributed by atoms with Gasteiger partial charge in [-0.1, -0.05) is 35.9 Å². The number of hydrogen-bond donors (Lipinski definition) is 1. The predicted molar refractivity (Wildman–Crippen MR) is 79.2 cm³/mol. The lowest BCUT2D eigenvalue weighted by molar-refractivity contribution is 0.623. The third-order valence-electron chi connectivity index (χ3n) is 3.29. The molecule has 2 nitrogen and oxygen atoms in total. The van der Waals surface area contributed by atoms with E-state index < -0.39 is 6.04 Å². The third-order valence-corrected chi connectivity index (χ3v) is 3.64. The fourth-order valence-electron chi connectivity index (χ4n) is 2.30. The number of rotatable bonds is 2. The molecule has 1 aromatic heterocycles. The molecule has 0 saturated carbocycles. The zero-order valence-corrected chi connectivity index (χ0v) is 11.3. The second-order valence-corrected chi connectivity index (χ2v) is 4.97. The van der Waals surface area contributed by atoms with Crippen molar-refractivity contribution in [1.82, 2.24) is 4.98 Å². The van der Waals surface area contributed by atoms with Gasteiger partial charge in [-0.2, -0.15) is 0 Å². The van der Waals surface area contributed by atoms with E-state index in [1.54, 1.807) is 6.20 Å². The first-order chi connectivity index (χ1) is 9.66. The Morgan fingerprint density at radius 2 is 1.85 bits per heavy atom. The molecule has 3 rings (SSSR count). The fourth-order valence-corrected chi connectivity index (χ4v) is 2.53. The van der Waals surface area contributed by atoms with Crippen molar-refractivity contribution in [3.8, 4) is 0 Å². The maximum atomic E-state index is 13.4. The molecule has 2 aromatic carbocycles. The Kier molecular flexibility index (Phi) is 3.38. The molecule has 1 heterocycles. The van der Waals surface area contributed by atoms with Crippen molar-refractivity contribution in [2.24, 2.45) is 5.73 Å². The van der Waals surface area contributed by atoms with Gasteiger partial charge in [-0.15, -0.1) is 0 Å². The molecule has 0 aliphatic heterocycles. The number of hydrogen-bond acceptors (Lipinski definition) is 2. The molecule has 0 fully saturated rings. The number of aromatic nitrogens is 1. The Morgan fingerprint density at radius 1 is 1.05 bits per heavy atom. The average molecular weight is 287 g/mol. The number of pyridine rings is 1. The molecule has 1 atom stereocenters. The minimum Gasteiger partial charge on any atom is -0.320 e. The smallest absolute Gasteiger partial charge is 0.123 e. The van der Waals surface area contributed by atoms with E-state index in [0.717, 1.165) is 16.5 Å². The summed E-state index contributed by atoms with van der Waals surface area (Å²) in [5.41, 5.74) is 8.46. The van der Waals surface area contributed by atoms with Gasteiger partial charge in [0.2, 0.25) is 0 Å². The quantitative estimate of drug-likeness (QED) is 0.771. The lowest BCUT2D eigenvalue weighted by atomic mass is 9.97. The van der Waals surface area contributed by atoms with Crippen molar-refractivity contribution in [3.05, 3.63) is 76.7 Å². The van der Waals surface area contributed by atoms with Crippen LogP contribution in [0.3, 0.4) is 0 Å². The van der Waals surface area contributed by atoms with Gasteiger partial charge >= 0.3 is 0 Å². The zero-order chi connectivity index (χ0) is 14.1. The summed E-state index contributed by atoms with van der Waals surface area (Å²) >= 11 is 6.13. The normalized spacial score (nSPS) is 12.6. The van der Waals surface area contributed by atoms with Crippen LogP contribution in [0.15, 0.2) is 54.7 Å². The van der Waals surface area contributed by atoms with Crippen LogP contribution in [0.25, 0.3) is 10.9 Å². The number of halogens is 2. The molecule has 0 aliphatic carbocycles. The van der Waals surface area contributed by atoms with Crippen molar-refractivity contribution in [2.75, 3.05) is 0 Å². The molecule has 3 aromatic rings. The van der Waals surface area contributed by atoms with Crippen LogP contribution in [0.4, 0.5) is 4.39 Å². The predicted octanol–water partition coefficient (Wildman–Crippen LogP) is 4.08. The molecule has 0 saturated heterocycles.